The molecule has 0 atom stereocenters. The normalized spacial score (nSPS) is 23.3. The van der Waals surface area contributed by atoms with E-state index in [2.05, 4.69) is 5.32 Å². The third kappa shape index (κ3) is 4.79. The molecule has 2 fully saturated rings. The Morgan fingerprint density at radius 2 is 1.50 bits per heavy atom. The van der Waals surface area contributed by atoms with Crippen molar-refractivity contribution >= 4 is 6.02 Å². The molecule has 0 aromatic heterocycles. The lowest BCUT2D eigenvalue weighted by molar-refractivity contribution is 0.331. The predicted octanol–water partition coefficient (Wildman–Crippen LogP) is 3.69. The van der Waals surface area contributed by atoms with E-state index in [9.17, 15) is 0 Å². The van der Waals surface area contributed by atoms with Crippen LogP contribution in [0.15, 0.2) is 4.99 Å². The Morgan fingerprint density at radius 1 is 0.944 bits per heavy atom. The fourth-order valence-corrected chi connectivity index (χ4v) is 2.95. The number of amidine groups is 1. The Morgan fingerprint density at radius 3 is 2.06 bits per heavy atom. The zero-order chi connectivity index (χ0) is 11.9. The van der Waals surface area contributed by atoms with E-state index in [4.69, 9.17) is 9.73 Å². The first-order chi connectivity index (χ1) is 8.38. The van der Waals surface area contributed by atoms with Gasteiger partial charge in [0.15, 0.2) is 0 Å². The zero-order valence-electron chi connectivity index (χ0n) is 12.1. The molecule has 104 valence electrons. The highest BCUT2D eigenvalue weighted by Gasteiger charge is 2.17. The summed E-state index contributed by atoms with van der Waals surface area (Å²) in [6.45, 7) is 0. The summed E-state index contributed by atoms with van der Waals surface area (Å²) in [5.41, 5.74) is 0. The van der Waals surface area contributed by atoms with E-state index in [1.165, 1.54) is 64.2 Å². The van der Waals surface area contributed by atoms with E-state index in [0.29, 0.717) is 12.1 Å². The van der Waals surface area contributed by atoms with Gasteiger partial charge in [0.05, 0.1) is 13.2 Å². The van der Waals surface area contributed by atoms with Crippen molar-refractivity contribution in [1.29, 1.82) is 0 Å². The van der Waals surface area contributed by atoms with Crippen LogP contribution in [0.5, 0.6) is 0 Å². The van der Waals surface area contributed by atoms with E-state index < -0.39 is 0 Å². The van der Waals surface area contributed by atoms with Crippen LogP contribution in [0.2, 0.25) is 0 Å². The van der Waals surface area contributed by atoms with Crippen LogP contribution >= 0.6 is 0 Å². The van der Waals surface area contributed by atoms with Gasteiger partial charge in [0.1, 0.15) is 0 Å². The van der Waals surface area contributed by atoms with Gasteiger partial charge in [-0.25, -0.2) is 4.99 Å². The number of nitrogens with zero attached hydrogens (tertiary/aromatic N) is 1. The van der Waals surface area contributed by atoms with Crippen LogP contribution in [-0.4, -0.2) is 25.2 Å². The first kappa shape index (κ1) is 15.2. The average Bonchev–Trinajstić information content (AvgIpc) is 2.40. The van der Waals surface area contributed by atoms with Crippen LogP contribution < -0.4 is 5.32 Å². The van der Waals surface area contributed by atoms with E-state index in [-0.39, 0.29) is 7.43 Å². The minimum absolute atomic E-state index is 0. The maximum Gasteiger partial charge on any atom is 0.284 e. The highest BCUT2D eigenvalue weighted by Crippen LogP contribution is 2.21. The topological polar surface area (TPSA) is 33.6 Å². The molecule has 0 bridgehead atoms. The van der Waals surface area contributed by atoms with E-state index in [1.807, 2.05) is 0 Å². The average molecular weight is 253 g/mol. The van der Waals surface area contributed by atoms with Crippen molar-refractivity contribution in [2.24, 2.45) is 4.99 Å². The Balaban J connectivity index is 0.00000162. The predicted molar refractivity (Wildman–Crippen MR) is 77.7 cm³/mol. The highest BCUT2D eigenvalue weighted by atomic mass is 16.5. The van der Waals surface area contributed by atoms with Crippen molar-refractivity contribution < 1.29 is 4.74 Å². The van der Waals surface area contributed by atoms with E-state index in [0.717, 1.165) is 6.02 Å². The molecule has 0 aliphatic heterocycles. The minimum Gasteiger partial charge on any atom is -0.469 e. The lowest BCUT2D eigenvalue weighted by Gasteiger charge is -2.25. The summed E-state index contributed by atoms with van der Waals surface area (Å²) in [6, 6.07) is 1.87. The van der Waals surface area contributed by atoms with Gasteiger partial charge in [-0.15, -0.1) is 0 Å². The number of hydrogen-bond acceptors (Lipinski definition) is 2. The van der Waals surface area contributed by atoms with Crippen LogP contribution in [0, 0.1) is 7.43 Å². The number of nitrogens with one attached hydrogen (secondary N) is 1. The third-order valence-corrected chi connectivity index (χ3v) is 4.00. The lowest BCUT2D eigenvalue weighted by Crippen LogP contribution is -2.38. The lowest BCUT2D eigenvalue weighted by atomic mass is 9.95. The summed E-state index contributed by atoms with van der Waals surface area (Å²) in [7, 11) is 1.73. The molecule has 2 aliphatic carbocycles. The number of hydrogen-bond donors (Lipinski definition) is 1. The quantitative estimate of drug-likeness (QED) is 0.462. The van der Waals surface area contributed by atoms with Crippen molar-refractivity contribution in [3.05, 3.63) is 7.43 Å². The molecule has 0 aromatic rings. The molecule has 0 radical (unpaired) electrons. The molecule has 0 unspecified atom stereocenters. The number of ether oxygens (including phenoxy) is 1. The second-order valence-electron chi connectivity index (χ2n) is 5.41. The maximum absolute atomic E-state index is 5.39. The number of aliphatic imine (C=N–C) groups is 1. The van der Waals surface area contributed by atoms with E-state index >= 15 is 0 Å². The molecule has 0 amide bonds. The van der Waals surface area contributed by atoms with Crippen molar-refractivity contribution in [2.75, 3.05) is 7.11 Å². The molecular weight excluding hydrogens is 224 g/mol. The summed E-state index contributed by atoms with van der Waals surface area (Å²) in [5, 5.41) is 3.48. The fourth-order valence-electron chi connectivity index (χ4n) is 2.95. The summed E-state index contributed by atoms with van der Waals surface area (Å²) in [4.78, 5) is 4.73. The Hall–Kier alpha value is -0.860. The molecule has 18 heavy (non-hydrogen) atoms. The van der Waals surface area contributed by atoms with Gasteiger partial charge in [0.25, 0.3) is 6.02 Å². The van der Waals surface area contributed by atoms with Gasteiger partial charge in [-0.3, -0.25) is 0 Å². The summed E-state index contributed by atoms with van der Waals surface area (Å²) < 4.78 is 5.39. The van der Waals surface area contributed by atoms with Crippen LogP contribution in [-0.2, 0) is 4.74 Å². The smallest absolute Gasteiger partial charge is 0.284 e. The standard InChI is InChI=1S/C14H26N2O.CH3/c1-17-14(15-12-8-4-2-5-9-12)16-13-10-6-3-7-11-13;/h12-13H,2-11H2,1H3,(H,15,16);1H3/q;+1. The second-order valence-corrected chi connectivity index (χ2v) is 5.41. The molecule has 2 saturated carbocycles. The van der Waals surface area contributed by atoms with Crippen molar-refractivity contribution in [2.45, 2.75) is 76.3 Å². The summed E-state index contributed by atoms with van der Waals surface area (Å²) in [6.07, 6.45) is 13.1. The molecule has 2 rings (SSSR count). The Bertz CT molecular complexity index is 241. The number of methoxy groups -OCH3 is 1. The third-order valence-electron chi connectivity index (χ3n) is 4.00. The second kappa shape index (κ2) is 8.28. The van der Waals surface area contributed by atoms with Crippen LogP contribution in [0.3, 0.4) is 0 Å². The molecular formula is C15H29N2O+. The molecule has 0 saturated heterocycles. The SMILES string of the molecule is COC(=NC1CCCCC1)NC1CCCCC1.[CH3+]. The van der Waals surface area contributed by atoms with E-state index in [1.54, 1.807) is 7.11 Å². The van der Waals surface area contributed by atoms with Gasteiger partial charge in [-0.2, -0.15) is 0 Å². The van der Waals surface area contributed by atoms with Gasteiger partial charge in [-0.05, 0) is 25.7 Å². The van der Waals surface area contributed by atoms with Gasteiger partial charge < -0.3 is 10.1 Å². The van der Waals surface area contributed by atoms with Crippen LogP contribution in [0.1, 0.15) is 64.2 Å². The van der Waals surface area contributed by atoms with Crippen molar-refractivity contribution in [3.63, 3.8) is 0 Å². The minimum atomic E-state index is 0. The Labute approximate surface area is 112 Å². The van der Waals surface area contributed by atoms with Crippen LogP contribution in [0.4, 0.5) is 0 Å². The zero-order valence-corrected chi connectivity index (χ0v) is 12.1. The molecule has 0 heterocycles. The van der Waals surface area contributed by atoms with Crippen molar-refractivity contribution in [1.82, 2.24) is 5.32 Å². The molecule has 2 aliphatic rings. The Kier molecular flexibility index (Phi) is 6.99. The molecule has 1 N–H and O–H groups in total. The highest BCUT2D eigenvalue weighted by molar-refractivity contribution is 5.74. The fraction of sp³-hybridized carbons (Fsp3) is 0.867. The van der Waals surface area contributed by atoms with Gasteiger partial charge in [0, 0.05) is 13.5 Å². The molecule has 0 aromatic carbocycles. The van der Waals surface area contributed by atoms with Crippen molar-refractivity contribution in [3.8, 4) is 0 Å². The van der Waals surface area contributed by atoms with Gasteiger partial charge >= 0.3 is 0 Å². The first-order valence-corrected chi connectivity index (χ1v) is 7.27. The molecule has 3 nitrogen and oxygen atoms in total. The number of rotatable bonds is 2. The summed E-state index contributed by atoms with van der Waals surface area (Å²) >= 11 is 0. The van der Waals surface area contributed by atoms with Gasteiger partial charge in [-0.1, -0.05) is 38.5 Å². The largest absolute Gasteiger partial charge is 0.469 e. The first-order valence-electron chi connectivity index (χ1n) is 7.27. The maximum atomic E-state index is 5.39. The molecule has 0 spiro atoms. The van der Waals surface area contributed by atoms with Gasteiger partial charge in [0.2, 0.25) is 0 Å². The van der Waals surface area contributed by atoms with Crippen LogP contribution in [0.25, 0.3) is 0 Å². The monoisotopic (exact) mass is 253 g/mol. The summed E-state index contributed by atoms with van der Waals surface area (Å²) in [5.74, 6) is 0. The molecule has 3 heteroatoms.